The van der Waals surface area contributed by atoms with Gasteiger partial charge in [0.05, 0.1) is 0 Å². The summed E-state index contributed by atoms with van der Waals surface area (Å²) in [6, 6.07) is 6.74. The minimum atomic E-state index is -0.841. The van der Waals surface area contributed by atoms with Crippen LogP contribution in [0.25, 0.3) is 0 Å². The molecule has 2 unspecified atom stereocenters. The van der Waals surface area contributed by atoms with E-state index in [4.69, 9.17) is 11.6 Å². The zero-order valence-electron chi connectivity index (χ0n) is 10.3. The lowest BCUT2D eigenvalue weighted by molar-refractivity contribution is -0.141. The molecule has 4 heteroatoms. The highest BCUT2D eigenvalue weighted by Gasteiger charge is 2.38. The molecular formula is C13H18ClNO2. The van der Waals surface area contributed by atoms with E-state index in [0.717, 1.165) is 12.0 Å². The lowest BCUT2D eigenvalue weighted by atomic mass is 9.74. The molecule has 1 aromatic rings. The van der Waals surface area contributed by atoms with Crippen LogP contribution < -0.4 is 5.32 Å². The predicted molar refractivity (Wildman–Crippen MR) is 69.6 cm³/mol. The summed E-state index contributed by atoms with van der Waals surface area (Å²) in [7, 11) is 1.67. The molecule has 0 heterocycles. The Balaban J connectivity index is 3.18. The summed E-state index contributed by atoms with van der Waals surface area (Å²) in [5.41, 5.74) is 0.525. The van der Waals surface area contributed by atoms with Gasteiger partial charge in [0.1, 0.15) is 6.04 Å². The van der Waals surface area contributed by atoms with Gasteiger partial charge >= 0.3 is 5.97 Å². The first-order valence-electron chi connectivity index (χ1n) is 5.61. The first-order chi connectivity index (χ1) is 7.95. The number of hydrogen-bond donors (Lipinski definition) is 2. The van der Waals surface area contributed by atoms with E-state index in [-0.39, 0.29) is 0 Å². The van der Waals surface area contributed by atoms with Crippen LogP contribution >= 0.6 is 11.6 Å². The zero-order valence-corrected chi connectivity index (χ0v) is 11.1. The lowest BCUT2D eigenvalue weighted by Gasteiger charge is -2.34. The molecule has 1 rings (SSSR count). The number of hydrogen-bond acceptors (Lipinski definition) is 2. The summed E-state index contributed by atoms with van der Waals surface area (Å²) < 4.78 is 0. The largest absolute Gasteiger partial charge is 0.480 e. The summed E-state index contributed by atoms with van der Waals surface area (Å²) in [5, 5.41) is 12.8. The van der Waals surface area contributed by atoms with Crippen LogP contribution in [0.15, 0.2) is 24.3 Å². The number of carboxylic acid groups (broad SMARTS) is 1. The van der Waals surface area contributed by atoms with Gasteiger partial charge < -0.3 is 10.4 Å². The number of benzene rings is 1. The van der Waals surface area contributed by atoms with E-state index in [1.54, 1.807) is 19.2 Å². The molecule has 0 saturated heterocycles. The number of carboxylic acids is 1. The van der Waals surface area contributed by atoms with Gasteiger partial charge in [-0.2, -0.15) is 0 Å². The molecule has 0 radical (unpaired) electrons. The van der Waals surface area contributed by atoms with Gasteiger partial charge in [-0.1, -0.05) is 37.6 Å². The minimum Gasteiger partial charge on any atom is -0.480 e. The van der Waals surface area contributed by atoms with Crippen molar-refractivity contribution in [2.75, 3.05) is 7.05 Å². The average Bonchev–Trinajstić information content (AvgIpc) is 2.29. The van der Waals surface area contributed by atoms with Gasteiger partial charge in [-0.15, -0.1) is 0 Å². The van der Waals surface area contributed by atoms with Crippen LogP contribution in [0.1, 0.15) is 25.8 Å². The Bertz CT molecular complexity index is 391. The lowest BCUT2D eigenvalue weighted by Crippen LogP contribution is -2.50. The normalized spacial score (nSPS) is 16.2. The molecule has 0 fully saturated rings. The van der Waals surface area contributed by atoms with Crippen molar-refractivity contribution in [3.63, 3.8) is 0 Å². The van der Waals surface area contributed by atoms with Gasteiger partial charge in [-0.3, -0.25) is 4.79 Å². The third-order valence-corrected chi connectivity index (χ3v) is 3.66. The second-order valence-corrected chi connectivity index (χ2v) is 4.77. The molecule has 1 aromatic carbocycles. The summed E-state index contributed by atoms with van der Waals surface area (Å²) >= 11 is 5.85. The smallest absolute Gasteiger partial charge is 0.321 e. The third-order valence-electron chi connectivity index (χ3n) is 3.41. The fourth-order valence-electron chi connectivity index (χ4n) is 2.12. The van der Waals surface area contributed by atoms with E-state index < -0.39 is 17.4 Å². The highest BCUT2D eigenvalue weighted by molar-refractivity contribution is 6.30. The summed E-state index contributed by atoms with van der Waals surface area (Å²) in [6.45, 7) is 3.94. The van der Waals surface area contributed by atoms with E-state index in [0.29, 0.717) is 5.02 Å². The standard InChI is InChI=1S/C13H18ClNO2/c1-4-13(2,11(15-3)12(16)17)9-5-7-10(14)8-6-9/h5-8,11,15H,4H2,1-3H3,(H,16,17). The van der Waals surface area contributed by atoms with Crippen molar-refractivity contribution in [3.8, 4) is 0 Å². The molecule has 0 aliphatic carbocycles. The molecular weight excluding hydrogens is 238 g/mol. The SMILES string of the molecule is CCC(C)(c1ccc(Cl)cc1)C(NC)C(=O)O. The van der Waals surface area contributed by atoms with Crippen LogP contribution in [-0.2, 0) is 10.2 Å². The fraction of sp³-hybridized carbons (Fsp3) is 0.462. The maximum absolute atomic E-state index is 11.3. The predicted octanol–water partition coefficient (Wildman–Crippen LogP) is 2.68. The monoisotopic (exact) mass is 255 g/mol. The first kappa shape index (κ1) is 14.0. The van der Waals surface area contributed by atoms with E-state index in [9.17, 15) is 9.90 Å². The maximum Gasteiger partial charge on any atom is 0.321 e. The Morgan fingerprint density at radius 3 is 2.35 bits per heavy atom. The number of rotatable bonds is 5. The van der Waals surface area contributed by atoms with Gasteiger partial charge in [0.25, 0.3) is 0 Å². The molecule has 0 aliphatic heterocycles. The second-order valence-electron chi connectivity index (χ2n) is 4.34. The van der Waals surface area contributed by atoms with Crippen molar-refractivity contribution in [2.45, 2.75) is 31.7 Å². The number of halogens is 1. The van der Waals surface area contributed by atoms with E-state index in [1.807, 2.05) is 26.0 Å². The van der Waals surface area contributed by atoms with Crippen molar-refractivity contribution < 1.29 is 9.90 Å². The highest BCUT2D eigenvalue weighted by atomic mass is 35.5. The Morgan fingerprint density at radius 2 is 2.00 bits per heavy atom. The molecule has 2 atom stereocenters. The summed E-state index contributed by atoms with van der Waals surface area (Å²) in [6.07, 6.45) is 0.729. The minimum absolute atomic E-state index is 0.453. The van der Waals surface area contributed by atoms with Crippen molar-refractivity contribution in [2.24, 2.45) is 0 Å². The van der Waals surface area contributed by atoms with E-state index in [2.05, 4.69) is 5.32 Å². The van der Waals surface area contributed by atoms with Crippen LogP contribution in [0.4, 0.5) is 0 Å². The zero-order chi connectivity index (χ0) is 13.1. The molecule has 3 nitrogen and oxygen atoms in total. The second kappa shape index (κ2) is 5.52. The summed E-state index contributed by atoms with van der Waals surface area (Å²) in [4.78, 5) is 11.3. The Kier molecular flexibility index (Phi) is 4.54. The number of nitrogens with one attached hydrogen (secondary N) is 1. The van der Waals surface area contributed by atoms with Gasteiger partial charge in [0, 0.05) is 10.4 Å². The van der Waals surface area contributed by atoms with Gasteiger partial charge in [-0.25, -0.2) is 0 Å². The van der Waals surface area contributed by atoms with E-state index in [1.165, 1.54) is 0 Å². The molecule has 94 valence electrons. The van der Waals surface area contributed by atoms with Crippen LogP contribution in [0, 0.1) is 0 Å². The van der Waals surface area contributed by atoms with Crippen LogP contribution in [0.3, 0.4) is 0 Å². The van der Waals surface area contributed by atoms with Gasteiger partial charge in [-0.05, 0) is 31.2 Å². The van der Waals surface area contributed by atoms with Gasteiger partial charge in [0.2, 0.25) is 0 Å². The quantitative estimate of drug-likeness (QED) is 0.851. The number of carbonyl (C=O) groups is 1. The maximum atomic E-state index is 11.3. The third kappa shape index (κ3) is 2.79. The fourth-order valence-corrected chi connectivity index (χ4v) is 2.25. The Hall–Kier alpha value is -1.06. The van der Waals surface area contributed by atoms with E-state index >= 15 is 0 Å². The first-order valence-corrected chi connectivity index (χ1v) is 5.99. The number of likely N-dealkylation sites (N-methyl/N-ethyl adjacent to an activating group) is 1. The molecule has 17 heavy (non-hydrogen) atoms. The highest BCUT2D eigenvalue weighted by Crippen LogP contribution is 2.32. The average molecular weight is 256 g/mol. The molecule has 2 N–H and O–H groups in total. The van der Waals surface area contributed by atoms with Crippen LogP contribution in [0.2, 0.25) is 5.02 Å². The van der Waals surface area contributed by atoms with Crippen molar-refractivity contribution >= 4 is 17.6 Å². The van der Waals surface area contributed by atoms with Crippen molar-refractivity contribution in [1.29, 1.82) is 0 Å². The molecule has 0 saturated carbocycles. The van der Waals surface area contributed by atoms with Crippen LogP contribution in [0.5, 0.6) is 0 Å². The Morgan fingerprint density at radius 1 is 1.47 bits per heavy atom. The Labute approximate surface area is 107 Å². The summed E-state index contributed by atoms with van der Waals surface area (Å²) in [5.74, 6) is -0.841. The molecule has 0 aromatic heterocycles. The molecule has 0 bridgehead atoms. The molecule has 0 aliphatic rings. The number of aliphatic carboxylic acids is 1. The van der Waals surface area contributed by atoms with Gasteiger partial charge in [0.15, 0.2) is 0 Å². The molecule has 0 amide bonds. The molecule has 0 spiro atoms. The van der Waals surface area contributed by atoms with Crippen LogP contribution in [-0.4, -0.2) is 24.2 Å². The van der Waals surface area contributed by atoms with Crippen molar-refractivity contribution in [3.05, 3.63) is 34.9 Å². The van der Waals surface area contributed by atoms with Crippen molar-refractivity contribution in [1.82, 2.24) is 5.32 Å². The topological polar surface area (TPSA) is 49.3 Å².